The first-order valence-electron chi connectivity index (χ1n) is 8.95. The van der Waals surface area contributed by atoms with Crippen LogP contribution in [0.1, 0.15) is 11.6 Å². The summed E-state index contributed by atoms with van der Waals surface area (Å²) in [5, 5.41) is 10.8. The highest BCUT2D eigenvalue weighted by molar-refractivity contribution is 5.90. The summed E-state index contributed by atoms with van der Waals surface area (Å²) in [5.41, 5.74) is 1.61. The molecule has 0 radical (unpaired) electrons. The molecule has 1 saturated heterocycles. The van der Waals surface area contributed by atoms with Crippen molar-refractivity contribution in [3.05, 3.63) is 30.0 Å². The third-order valence-electron chi connectivity index (χ3n) is 5.08. The van der Waals surface area contributed by atoms with Crippen molar-refractivity contribution >= 4 is 22.8 Å². The largest absolute Gasteiger partial charge is 0.497 e. The average Bonchev–Trinajstić information content (AvgIpc) is 3.05. The van der Waals surface area contributed by atoms with E-state index in [1.165, 1.54) is 0 Å². The molecule has 0 aliphatic carbocycles. The van der Waals surface area contributed by atoms with Crippen LogP contribution in [0.5, 0.6) is 5.75 Å². The molecule has 3 rings (SSSR count). The number of fused-ring (bicyclic) bond motifs is 1. The number of hydrogen-bond acceptors (Lipinski definition) is 5. The Morgan fingerprint density at radius 2 is 1.96 bits per heavy atom. The highest BCUT2D eigenvalue weighted by atomic mass is 16.5. The van der Waals surface area contributed by atoms with Crippen LogP contribution in [-0.2, 0) is 9.59 Å². The summed E-state index contributed by atoms with van der Waals surface area (Å²) in [6.07, 6.45) is 1.77. The Hall–Kier alpha value is -2.58. The number of aliphatic carboxylic acids is 1. The van der Waals surface area contributed by atoms with Gasteiger partial charge in [-0.05, 0) is 18.2 Å². The summed E-state index contributed by atoms with van der Waals surface area (Å²) in [6.45, 7) is 2.87. The van der Waals surface area contributed by atoms with Gasteiger partial charge in [-0.15, -0.1) is 0 Å². The molecule has 0 spiro atoms. The number of likely N-dealkylation sites (N-methyl/N-ethyl adjacent to an activating group) is 1. The lowest BCUT2D eigenvalue weighted by Gasteiger charge is -2.37. The number of nitrogens with one attached hydrogen (secondary N) is 1. The highest BCUT2D eigenvalue weighted by Gasteiger charge is 2.32. The van der Waals surface area contributed by atoms with Crippen LogP contribution in [0.15, 0.2) is 24.4 Å². The fourth-order valence-corrected chi connectivity index (χ4v) is 3.47. The lowest BCUT2D eigenvalue weighted by atomic mass is 10.0. The molecular weight excluding hydrogens is 348 g/mol. The molecule has 1 amide bonds. The van der Waals surface area contributed by atoms with E-state index < -0.39 is 12.0 Å². The number of H-pyrrole nitrogens is 1. The van der Waals surface area contributed by atoms with Crippen molar-refractivity contribution in [3.63, 3.8) is 0 Å². The number of carboxylic acid groups (broad SMARTS) is 1. The summed E-state index contributed by atoms with van der Waals surface area (Å²) in [5.74, 6) is -0.127. The van der Waals surface area contributed by atoms with E-state index in [1.807, 2.05) is 23.1 Å². The summed E-state index contributed by atoms with van der Waals surface area (Å²) in [4.78, 5) is 32.7. The number of carbonyl (C=O) groups excluding carboxylic acids is 1. The fourth-order valence-electron chi connectivity index (χ4n) is 3.47. The number of aromatic amines is 1. The van der Waals surface area contributed by atoms with E-state index in [0.717, 1.165) is 16.5 Å². The molecule has 146 valence electrons. The summed E-state index contributed by atoms with van der Waals surface area (Å²) in [6, 6.07) is 4.86. The molecule has 1 unspecified atom stereocenters. The van der Waals surface area contributed by atoms with Gasteiger partial charge >= 0.3 is 5.97 Å². The molecule has 1 aromatic heterocycles. The van der Waals surface area contributed by atoms with Gasteiger partial charge in [-0.2, -0.15) is 0 Å². The molecule has 0 saturated carbocycles. The monoisotopic (exact) mass is 374 g/mol. The Labute approximate surface area is 158 Å². The van der Waals surface area contributed by atoms with Crippen molar-refractivity contribution in [2.75, 3.05) is 53.9 Å². The second-order valence-electron chi connectivity index (χ2n) is 7.00. The second-order valence-corrected chi connectivity index (χ2v) is 7.00. The van der Waals surface area contributed by atoms with E-state index >= 15 is 0 Å². The van der Waals surface area contributed by atoms with Gasteiger partial charge in [-0.1, -0.05) is 0 Å². The molecule has 2 heterocycles. The number of benzene rings is 1. The zero-order valence-electron chi connectivity index (χ0n) is 15.9. The van der Waals surface area contributed by atoms with Gasteiger partial charge in [-0.3, -0.25) is 19.4 Å². The number of piperazine rings is 1. The minimum atomic E-state index is -0.878. The average molecular weight is 374 g/mol. The van der Waals surface area contributed by atoms with Crippen molar-refractivity contribution in [1.82, 2.24) is 19.7 Å². The summed E-state index contributed by atoms with van der Waals surface area (Å²) >= 11 is 0. The van der Waals surface area contributed by atoms with Gasteiger partial charge in [0.15, 0.2) is 0 Å². The predicted octanol–water partition coefficient (Wildman–Crippen LogP) is 1.01. The maximum Gasteiger partial charge on any atom is 0.325 e. The normalized spacial score (nSPS) is 17.0. The number of carboxylic acids is 1. The number of carbonyl (C=O) groups is 2. The van der Waals surface area contributed by atoms with E-state index in [0.29, 0.717) is 38.5 Å². The first-order chi connectivity index (χ1) is 12.9. The minimum absolute atomic E-state index is 0.0574. The van der Waals surface area contributed by atoms with Gasteiger partial charge in [0.1, 0.15) is 11.8 Å². The maximum absolute atomic E-state index is 12.1. The summed E-state index contributed by atoms with van der Waals surface area (Å²) < 4.78 is 5.29. The van der Waals surface area contributed by atoms with Crippen LogP contribution in [0.25, 0.3) is 10.9 Å². The Morgan fingerprint density at radius 1 is 1.26 bits per heavy atom. The zero-order chi connectivity index (χ0) is 19.6. The molecule has 1 aliphatic rings. The Bertz CT molecular complexity index is 824. The standard InChI is InChI=1S/C19H26N4O4/c1-21(2)17(24)12-22-6-8-23(9-7-22)18(19(25)26)15-11-20-16-5-4-13(27-3)10-14(15)16/h4-5,10-11,18,20H,6-9,12H2,1-3H3,(H,25,26). The zero-order valence-corrected chi connectivity index (χ0v) is 15.9. The minimum Gasteiger partial charge on any atom is -0.497 e. The third kappa shape index (κ3) is 4.06. The maximum atomic E-state index is 12.1. The van der Waals surface area contributed by atoms with Crippen LogP contribution in [0.4, 0.5) is 0 Å². The van der Waals surface area contributed by atoms with E-state index in [9.17, 15) is 14.7 Å². The topological polar surface area (TPSA) is 89.1 Å². The number of ether oxygens (including phenoxy) is 1. The van der Waals surface area contributed by atoms with Crippen LogP contribution in [-0.4, -0.2) is 90.6 Å². The Balaban J connectivity index is 1.78. The molecule has 1 atom stereocenters. The molecule has 1 aromatic carbocycles. The number of methoxy groups -OCH3 is 1. The molecule has 8 nitrogen and oxygen atoms in total. The van der Waals surface area contributed by atoms with Gasteiger partial charge in [0.05, 0.1) is 13.7 Å². The van der Waals surface area contributed by atoms with Crippen molar-refractivity contribution in [1.29, 1.82) is 0 Å². The van der Waals surface area contributed by atoms with Crippen LogP contribution >= 0.6 is 0 Å². The van der Waals surface area contributed by atoms with Gasteiger partial charge in [-0.25, -0.2) is 0 Å². The molecule has 1 fully saturated rings. The van der Waals surface area contributed by atoms with Crippen molar-refractivity contribution in [3.8, 4) is 5.75 Å². The van der Waals surface area contributed by atoms with Crippen molar-refractivity contribution in [2.45, 2.75) is 6.04 Å². The van der Waals surface area contributed by atoms with Crippen LogP contribution in [0.3, 0.4) is 0 Å². The predicted molar refractivity (Wildman–Crippen MR) is 102 cm³/mol. The number of aromatic nitrogens is 1. The van der Waals surface area contributed by atoms with E-state index in [2.05, 4.69) is 9.88 Å². The number of rotatable bonds is 6. The number of amides is 1. The number of hydrogen-bond donors (Lipinski definition) is 2. The highest BCUT2D eigenvalue weighted by Crippen LogP contribution is 2.31. The smallest absolute Gasteiger partial charge is 0.325 e. The van der Waals surface area contributed by atoms with Crippen LogP contribution in [0, 0.1) is 0 Å². The van der Waals surface area contributed by atoms with Gasteiger partial charge in [0.25, 0.3) is 0 Å². The van der Waals surface area contributed by atoms with Gasteiger partial charge < -0.3 is 19.7 Å². The first kappa shape index (κ1) is 19.2. The Morgan fingerprint density at radius 3 is 2.56 bits per heavy atom. The molecule has 2 N–H and O–H groups in total. The van der Waals surface area contributed by atoms with Gasteiger partial charge in [0.2, 0.25) is 5.91 Å². The van der Waals surface area contributed by atoms with Crippen LogP contribution < -0.4 is 4.74 Å². The molecule has 27 heavy (non-hydrogen) atoms. The van der Waals surface area contributed by atoms with Crippen LogP contribution in [0.2, 0.25) is 0 Å². The molecule has 1 aliphatic heterocycles. The Kier molecular flexibility index (Phi) is 5.67. The summed E-state index contributed by atoms with van der Waals surface area (Å²) in [7, 11) is 5.07. The van der Waals surface area contributed by atoms with E-state index in [-0.39, 0.29) is 5.91 Å². The lowest BCUT2D eigenvalue weighted by Crippen LogP contribution is -2.51. The fraction of sp³-hybridized carbons (Fsp3) is 0.474. The number of nitrogens with zero attached hydrogens (tertiary/aromatic N) is 3. The van der Waals surface area contributed by atoms with Crippen molar-refractivity contribution in [2.24, 2.45) is 0 Å². The van der Waals surface area contributed by atoms with Gasteiger partial charge in [0, 0.05) is 62.9 Å². The molecule has 0 bridgehead atoms. The van der Waals surface area contributed by atoms with E-state index in [1.54, 1.807) is 32.3 Å². The molecular formula is C19H26N4O4. The quantitative estimate of drug-likeness (QED) is 0.784. The molecule has 2 aromatic rings. The lowest BCUT2D eigenvalue weighted by molar-refractivity contribution is -0.145. The van der Waals surface area contributed by atoms with E-state index in [4.69, 9.17) is 4.74 Å². The SMILES string of the molecule is COc1ccc2[nH]cc(C(C(=O)O)N3CCN(CC(=O)N(C)C)CC3)c2c1. The molecule has 8 heteroatoms. The first-order valence-corrected chi connectivity index (χ1v) is 8.95. The van der Waals surface area contributed by atoms with Crippen molar-refractivity contribution < 1.29 is 19.4 Å². The third-order valence-corrected chi connectivity index (χ3v) is 5.08. The second kappa shape index (κ2) is 7.98.